The number of thiophene rings is 1. The number of halogens is 3. The molecular formula is C15H14F3N3O4S. The maximum atomic E-state index is 13.1. The Labute approximate surface area is 149 Å². The molecule has 1 unspecified atom stereocenters. The van der Waals surface area contributed by atoms with Crippen molar-refractivity contribution < 1.29 is 32.4 Å². The van der Waals surface area contributed by atoms with E-state index in [-0.39, 0.29) is 25.3 Å². The van der Waals surface area contributed by atoms with E-state index in [2.05, 4.69) is 10.1 Å². The van der Waals surface area contributed by atoms with Crippen LogP contribution in [0.5, 0.6) is 0 Å². The maximum absolute atomic E-state index is 13.1. The number of aromatic nitrogens is 2. The first-order valence-electron chi connectivity index (χ1n) is 7.67. The fraction of sp³-hybridized carbons (Fsp3) is 0.467. The van der Waals surface area contributed by atoms with E-state index in [0.717, 1.165) is 9.78 Å². The number of likely N-dealkylation sites (tertiary alicyclic amines) is 1. The molecule has 2 aromatic heterocycles. The van der Waals surface area contributed by atoms with E-state index in [1.807, 2.05) is 11.4 Å². The lowest BCUT2D eigenvalue weighted by atomic mass is 9.86. The van der Waals surface area contributed by atoms with Gasteiger partial charge in [-0.15, -0.1) is 11.3 Å². The van der Waals surface area contributed by atoms with Gasteiger partial charge in [-0.25, -0.2) is 0 Å². The van der Waals surface area contributed by atoms with Gasteiger partial charge in [-0.05, 0) is 17.9 Å². The fourth-order valence-electron chi connectivity index (χ4n) is 2.78. The summed E-state index contributed by atoms with van der Waals surface area (Å²) >= 11 is 1.42. The summed E-state index contributed by atoms with van der Waals surface area (Å²) < 4.78 is 44.5. The fourth-order valence-corrected chi connectivity index (χ4v) is 3.43. The number of rotatable bonds is 5. The van der Waals surface area contributed by atoms with Gasteiger partial charge >= 0.3 is 12.1 Å². The minimum Gasteiger partial charge on any atom is -0.481 e. The number of amides is 1. The summed E-state index contributed by atoms with van der Waals surface area (Å²) in [6.45, 7) is -1.14. The molecule has 0 aliphatic carbocycles. The molecule has 2 aromatic rings. The van der Waals surface area contributed by atoms with Crippen molar-refractivity contribution in [2.75, 3.05) is 13.1 Å². The van der Waals surface area contributed by atoms with Gasteiger partial charge in [-0.2, -0.15) is 18.2 Å². The summed E-state index contributed by atoms with van der Waals surface area (Å²) in [7, 11) is 0. The van der Waals surface area contributed by atoms with E-state index in [1.165, 1.54) is 11.3 Å². The first-order chi connectivity index (χ1) is 12.2. The highest BCUT2D eigenvalue weighted by Gasteiger charge is 2.64. The highest BCUT2D eigenvalue weighted by molar-refractivity contribution is 7.13. The molecule has 0 saturated carbocycles. The Morgan fingerprint density at radius 1 is 1.42 bits per heavy atom. The van der Waals surface area contributed by atoms with E-state index in [1.54, 1.807) is 6.07 Å². The summed E-state index contributed by atoms with van der Waals surface area (Å²) in [5, 5.41) is 14.6. The molecule has 1 aliphatic rings. The Kier molecular flexibility index (Phi) is 4.74. The SMILES string of the molecule is O=C(CCc1nc(-c2cccs2)no1)N1CCC(C(=O)O)(C(F)(F)F)C1. The largest absolute Gasteiger partial charge is 0.481 e. The number of aryl methyl sites for hydroxylation is 1. The molecule has 0 spiro atoms. The number of nitrogens with zero attached hydrogens (tertiary/aromatic N) is 3. The maximum Gasteiger partial charge on any atom is 0.406 e. The van der Waals surface area contributed by atoms with Crippen molar-refractivity contribution in [3.63, 3.8) is 0 Å². The average molecular weight is 389 g/mol. The molecule has 3 heterocycles. The first kappa shape index (κ1) is 18.4. The van der Waals surface area contributed by atoms with E-state index in [0.29, 0.717) is 5.82 Å². The predicted octanol–water partition coefficient (Wildman–Crippen LogP) is 2.60. The zero-order chi connectivity index (χ0) is 18.9. The second-order valence-corrected chi connectivity index (χ2v) is 6.89. The number of hydrogen-bond acceptors (Lipinski definition) is 6. The van der Waals surface area contributed by atoms with E-state index >= 15 is 0 Å². The molecule has 1 saturated heterocycles. The van der Waals surface area contributed by atoms with Gasteiger partial charge in [0.15, 0.2) is 5.41 Å². The highest BCUT2D eigenvalue weighted by Crippen LogP contribution is 2.45. The molecule has 1 aliphatic heterocycles. The number of hydrogen-bond donors (Lipinski definition) is 1. The minimum atomic E-state index is -4.92. The van der Waals surface area contributed by atoms with Crippen LogP contribution in [0.2, 0.25) is 0 Å². The van der Waals surface area contributed by atoms with E-state index in [4.69, 9.17) is 9.63 Å². The lowest BCUT2D eigenvalue weighted by Gasteiger charge is -2.27. The monoisotopic (exact) mass is 389 g/mol. The van der Waals surface area contributed by atoms with Crippen molar-refractivity contribution in [1.29, 1.82) is 0 Å². The van der Waals surface area contributed by atoms with Gasteiger partial charge in [0.2, 0.25) is 17.6 Å². The summed E-state index contributed by atoms with van der Waals surface area (Å²) in [5.41, 5.74) is -2.90. The standard InChI is InChI=1S/C15H14F3N3O4S/c16-15(17,18)14(13(23)24)5-6-21(8-14)11(22)4-3-10-19-12(20-25-10)9-2-1-7-26-9/h1-2,7H,3-6,8H2,(H,23,24). The van der Waals surface area contributed by atoms with Gasteiger partial charge in [-0.1, -0.05) is 11.2 Å². The van der Waals surface area contributed by atoms with Crippen molar-refractivity contribution >= 4 is 23.2 Å². The molecule has 140 valence electrons. The van der Waals surface area contributed by atoms with E-state index < -0.39 is 36.4 Å². The molecule has 0 radical (unpaired) electrons. The van der Waals surface area contributed by atoms with Crippen LogP contribution in [-0.4, -0.2) is 51.3 Å². The number of carboxylic acids is 1. The summed E-state index contributed by atoms with van der Waals surface area (Å²) in [6.07, 6.45) is -5.64. The lowest BCUT2D eigenvalue weighted by molar-refractivity contribution is -0.227. The molecule has 1 fully saturated rings. The predicted molar refractivity (Wildman–Crippen MR) is 83.3 cm³/mol. The summed E-state index contributed by atoms with van der Waals surface area (Å²) in [4.78, 5) is 29.2. The Morgan fingerprint density at radius 3 is 2.77 bits per heavy atom. The van der Waals surface area contributed by atoms with Gasteiger partial charge in [-0.3, -0.25) is 9.59 Å². The Morgan fingerprint density at radius 2 is 2.19 bits per heavy atom. The number of carbonyl (C=O) groups excluding carboxylic acids is 1. The molecule has 7 nitrogen and oxygen atoms in total. The molecule has 1 amide bonds. The van der Waals surface area contributed by atoms with Crippen molar-refractivity contribution in [3.8, 4) is 10.7 Å². The van der Waals surface area contributed by atoms with Crippen LogP contribution in [0.1, 0.15) is 18.7 Å². The van der Waals surface area contributed by atoms with Crippen LogP contribution in [0.3, 0.4) is 0 Å². The number of carbonyl (C=O) groups is 2. The quantitative estimate of drug-likeness (QED) is 0.844. The van der Waals surface area contributed by atoms with Gasteiger partial charge in [0, 0.05) is 25.9 Å². The third kappa shape index (κ3) is 3.30. The Balaban J connectivity index is 1.60. The smallest absolute Gasteiger partial charge is 0.406 e. The molecule has 0 aromatic carbocycles. The second-order valence-electron chi connectivity index (χ2n) is 5.94. The Hall–Kier alpha value is -2.43. The van der Waals surface area contributed by atoms with E-state index in [9.17, 15) is 22.8 Å². The molecule has 0 bridgehead atoms. The number of carboxylic acid groups (broad SMARTS) is 1. The number of alkyl halides is 3. The normalized spacial score (nSPS) is 20.5. The Bertz CT molecular complexity index is 805. The van der Waals surface area contributed by atoms with Crippen molar-refractivity contribution in [2.24, 2.45) is 5.41 Å². The van der Waals surface area contributed by atoms with Crippen LogP contribution < -0.4 is 0 Å². The molecule has 1 N–H and O–H groups in total. The zero-order valence-corrected chi connectivity index (χ0v) is 14.1. The van der Waals surface area contributed by atoms with Crippen LogP contribution in [0.4, 0.5) is 13.2 Å². The third-order valence-corrected chi connectivity index (χ3v) is 5.20. The van der Waals surface area contributed by atoms with Gasteiger partial charge < -0.3 is 14.5 Å². The van der Waals surface area contributed by atoms with Crippen LogP contribution in [0.15, 0.2) is 22.0 Å². The second kappa shape index (κ2) is 6.71. The third-order valence-electron chi connectivity index (χ3n) is 4.34. The first-order valence-corrected chi connectivity index (χ1v) is 8.55. The van der Waals surface area contributed by atoms with Gasteiger partial charge in [0.1, 0.15) is 0 Å². The molecular weight excluding hydrogens is 375 g/mol. The number of aliphatic carboxylic acids is 1. The molecule has 11 heteroatoms. The van der Waals surface area contributed by atoms with Crippen molar-refractivity contribution in [3.05, 3.63) is 23.4 Å². The van der Waals surface area contributed by atoms with Gasteiger partial charge in [0.25, 0.3) is 0 Å². The van der Waals surface area contributed by atoms with Gasteiger partial charge in [0.05, 0.1) is 4.88 Å². The average Bonchev–Trinajstić information content (AvgIpc) is 3.30. The molecule has 3 rings (SSSR count). The van der Waals surface area contributed by atoms with Crippen LogP contribution in [0, 0.1) is 5.41 Å². The highest BCUT2D eigenvalue weighted by atomic mass is 32.1. The summed E-state index contributed by atoms with van der Waals surface area (Å²) in [6, 6.07) is 3.62. The summed E-state index contributed by atoms with van der Waals surface area (Å²) in [5.74, 6) is -1.96. The minimum absolute atomic E-state index is 0.0692. The zero-order valence-electron chi connectivity index (χ0n) is 13.3. The molecule has 1 atom stereocenters. The van der Waals surface area contributed by atoms with Crippen LogP contribution in [0.25, 0.3) is 10.7 Å². The van der Waals surface area contributed by atoms with Crippen molar-refractivity contribution in [1.82, 2.24) is 15.0 Å². The lowest BCUT2D eigenvalue weighted by Crippen LogP contribution is -2.47. The topological polar surface area (TPSA) is 96.5 Å². The van der Waals surface area contributed by atoms with Crippen molar-refractivity contribution in [2.45, 2.75) is 25.4 Å². The van der Waals surface area contributed by atoms with Crippen LogP contribution in [-0.2, 0) is 16.0 Å². The molecule has 26 heavy (non-hydrogen) atoms. The van der Waals surface area contributed by atoms with Crippen LogP contribution >= 0.6 is 11.3 Å².